The summed E-state index contributed by atoms with van der Waals surface area (Å²) >= 11 is 0. The van der Waals surface area contributed by atoms with E-state index in [1.54, 1.807) is 0 Å². The van der Waals surface area contributed by atoms with Crippen LogP contribution in [0.5, 0.6) is 0 Å². The molecule has 1 atom stereocenters. The number of carbonyl (C=O) groups is 1. The van der Waals surface area contributed by atoms with Gasteiger partial charge in [0.15, 0.2) is 0 Å². The summed E-state index contributed by atoms with van der Waals surface area (Å²) in [6.45, 7) is 13.7. The Morgan fingerprint density at radius 1 is 1.17 bits per heavy atom. The Hall–Kier alpha value is -0.650. The number of rotatable bonds is 5. The summed E-state index contributed by atoms with van der Waals surface area (Å²) in [5.41, 5.74) is 2.29. The second-order valence-corrected chi connectivity index (χ2v) is 5.93. The van der Waals surface area contributed by atoms with Crippen LogP contribution in [0.3, 0.4) is 0 Å². The monoisotopic (exact) mass is 256 g/mol. The standard InChI is InChI=1S/C13H28N4O/c1-10(2)9-16-5-7-17(8-6-16)12(11(3)4)13(18)15-14/h10-12H,5-9,14H2,1-4H3,(H,15,18). The average molecular weight is 256 g/mol. The lowest BCUT2D eigenvalue weighted by Crippen LogP contribution is -2.57. The number of hydrogen-bond donors (Lipinski definition) is 2. The van der Waals surface area contributed by atoms with Gasteiger partial charge in [0.25, 0.3) is 5.91 Å². The Balaban J connectivity index is 2.51. The fourth-order valence-corrected chi connectivity index (χ4v) is 2.72. The van der Waals surface area contributed by atoms with Crippen molar-refractivity contribution in [2.45, 2.75) is 33.7 Å². The van der Waals surface area contributed by atoms with Crippen molar-refractivity contribution >= 4 is 5.91 Å². The maximum atomic E-state index is 11.8. The molecule has 0 bridgehead atoms. The van der Waals surface area contributed by atoms with Gasteiger partial charge in [-0.1, -0.05) is 27.7 Å². The molecule has 1 aliphatic rings. The summed E-state index contributed by atoms with van der Waals surface area (Å²) < 4.78 is 0. The summed E-state index contributed by atoms with van der Waals surface area (Å²) in [6, 6.07) is -0.101. The molecule has 1 fully saturated rings. The topological polar surface area (TPSA) is 61.6 Å². The molecule has 5 heteroatoms. The molecule has 106 valence electrons. The number of nitrogens with zero attached hydrogens (tertiary/aromatic N) is 2. The highest BCUT2D eigenvalue weighted by molar-refractivity contribution is 5.81. The van der Waals surface area contributed by atoms with Gasteiger partial charge in [-0.05, 0) is 11.8 Å². The zero-order valence-electron chi connectivity index (χ0n) is 12.1. The zero-order valence-corrected chi connectivity index (χ0v) is 12.1. The van der Waals surface area contributed by atoms with Crippen LogP contribution in [-0.2, 0) is 4.79 Å². The van der Waals surface area contributed by atoms with Crippen LogP contribution in [0.15, 0.2) is 0 Å². The molecule has 0 aromatic heterocycles. The first-order chi connectivity index (χ1) is 8.45. The molecule has 0 aliphatic carbocycles. The van der Waals surface area contributed by atoms with Gasteiger partial charge < -0.3 is 4.90 Å². The van der Waals surface area contributed by atoms with E-state index >= 15 is 0 Å². The van der Waals surface area contributed by atoms with Crippen molar-refractivity contribution in [2.75, 3.05) is 32.7 Å². The van der Waals surface area contributed by atoms with E-state index in [0.29, 0.717) is 5.92 Å². The molecule has 5 nitrogen and oxygen atoms in total. The van der Waals surface area contributed by atoms with Gasteiger partial charge in [0.05, 0.1) is 6.04 Å². The molecule has 0 aromatic carbocycles. The lowest BCUT2D eigenvalue weighted by Gasteiger charge is -2.40. The summed E-state index contributed by atoms with van der Waals surface area (Å²) in [5, 5.41) is 0. The molecule has 1 heterocycles. The van der Waals surface area contributed by atoms with Crippen LogP contribution in [0.1, 0.15) is 27.7 Å². The highest BCUT2D eigenvalue weighted by atomic mass is 16.2. The third-order valence-corrected chi connectivity index (χ3v) is 3.47. The molecular formula is C13H28N4O. The van der Waals surface area contributed by atoms with Crippen molar-refractivity contribution in [3.05, 3.63) is 0 Å². The minimum absolute atomic E-state index is 0.0673. The minimum Gasteiger partial charge on any atom is -0.301 e. The second-order valence-electron chi connectivity index (χ2n) is 5.93. The van der Waals surface area contributed by atoms with E-state index in [2.05, 4.69) is 42.9 Å². The Kier molecular flexibility index (Phi) is 6.05. The first-order valence-electron chi connectivity index (χ1n) is 6.92. The number of amides is 1. The number of hydrazine groups is 1. The highest BCUT2D eigenvalue weighted by Crippen LogP contribution is 2.14. The molecule has 3 N–H and O–H groups in total. The third kappa shape index (κ3) is 4.23. The van der Waals surface area contributed by atoms with Crippen LogP contribution >= 0.6 is 0 Å². The van der Waals surface area contributed by atoms with Crippen molar-refractivity contribution in [3.8, 4) is 0 Å². The van der Waals surface area contributed by atoms with Crippen LogP contribution in [0.25, 0.3) is 0 Å². The predicted molar refractivity (Wildman–Crippen MR) is 73.8 cm³/mol. The second kappa shape index (κ2) is 7.07. The van der Waals surface area contributed by atoms with E-state index in [0.717, 1.165) is 32.7 Å². The molecule has 0 spiro atoms. The Morgan fingerprint density at radius 2 is 1.72 bits per heavy atom. The SMILES string of the molecule is CC(C)CN1CCN(C(C(=O)NN)C(C)C)CC1. The van der Waals surface area contributed by atoms with E-state index in [1.807, 2.05) is 0 Å². The van der Waals surface area contributed by atoms with Gasteiger partial charge >= 0.3 is 0 Å². The maximum absolute atomic E-state index is 11.8. The summed E-state index contributed by atoms with van der Waals surface area (Å²) in [7, 11) is 0. The fraction of sp³-hybridized carbons (Fsp3) is 0.923. The van der Waals surface area contributed by atoms with Crippen LogP contribution in [0.4, 0.5) is 0 Å². The number of nitrogens with one attached hydrogen (secondary N) is 1. The molecule has 0 aromatic rings. The van der Waals surface area contributed by atoms with Gasteiger partial charge in [0.2, 0.25) is 0 Å². The van der Waals surface area contributed by atoms with Gasteiger partial charge in [-0.25, -0.2) is 5.84 Å². The van der Waals surface area contributed by atoms with E-state index in [9.17, 15) is 4.79 Å². The Bertz CT molecular complexity index is 260. The number of piperazine rings is 1. The molecule has 1 aliphatic heterocycles. The molecule has 18 heavy (non-hydrogen) atoms. The summed E-state index contributed by atoms with van der Waals surface area (Å²) in [5.74, 6) is 6.19. The minimum atomic E-state index is -0.101. The van der Waals surface area contributed by atoms with Crippen molar-refractivity contribution in [1.82, 2.24) is 15.2 Å². The lowest BCUT2D eigenvalue weighted by molar-refractivity contribution is -0.129. The van der Waals surface area contributed by atoms with Gasteiger partial charge in [0, 0.05) is 32.7 Å². The zero-order chi connectivity index (χ0) is 13.7. The molecule has 1 unspecified atom stereocenters. The van der Waals surface area contributed by atoms with Crippen molar-refractivity contribution in [3.63, 3.8) is 0 Å². The predicted octanol–water partition coefficient (Wildman–Crippen LogP) is 0.275. The van der Waals surface area contributed by atoms with Crippen LogP contribution < -0.4 is 11.3 Å². The molecular weight excluding hydrogens is 228 g/mol. The molecule has 1 amide bonds. The molecule has 0 saturated carbocycles. The van der Waals surface area contributed by atoms with E-state index in [1.165, 1.54) is 0 Å². The fourth-order valence-electron chi connectivity index (χ4n) is 2.72. The van der Waals surface area contributed by atoms with Gasteiger partial charge in [0.1, 0.15) is 0 Å². The van der Waals surface area contributed by atoms with E-state index < -0.39 is 0 Å². The first-order valence-corrected chi connectivity index (χ1v) is 6.92. The number of carbonyl (C=O) groups excluding carboxylic acids is 1. The van der Waals surface area contributed by atoms with E-state index in [-0.39, 0.29) is 17.9 Å². The third-order valence-electron chi connectivity index (χ3n) is 3.47. The highest BCUT2D eigenvalue weighted by Gasteiger charge is 2.30. The number of hydrogen-bond acceptors (Lipinski definition) is 4. The normalized spacial score (nSPS) is 20.4. The number of nitrogens with two attached hydrogens (primary N) is 1. The molecule has 1 rings (SSSR count). The smallest absolute Gasteiger partial charge is 0.251 e. The Labute approximate surface area is 111 Å². The molecule has 1 saturated heterocycles. The average Bonchev–Trinajstić information content (AvgIpc) is 2.30. The Morgan fingerprint density at radius 3 is 2.11 bits per heavy atom. The maximum Gasteiger partial charge on any atom is 0.251 e. The van der Waals surface area contributed by atoms with Crippen molar-refractivity contribution in [2.24, 2.45) is 17.7 Å². The summed E-state index contributed by atoms with van der Waals surface area (Å²) in [6.07, 6.45) is 0. The largest absolute Gasteiger partial charge is 0.301 e. The molecule has 0 radical (unpaired) electrons. The van der Waals surface area contributed by atoms with Gasteiger partial charge in [-0.2, -0.15) is 0 Å². The van der Waals surface area contributed by atoms with Crippen molar-refractivity contribution < 1.29 is 4.79 Å². The lowest BCUT2D eigenvalue weighted by atomic mass is 10.0. The van der Waals surface area contributed by atoms with Crippen LogP contribution in [-0.4, -0.2) is 54.5 Å². The van der Waals surface area contributed by atoms with Crippen molar-refractivity contribution in [1.29, 1.82) is 0 Å². The van der Waals surface area contributed by atoms with E-state index in [4.69, 9.17) is 5.84 Å². The van der Waals surface area contributed by atoms with Gasteiger partial charge in [-0.15, -0.1) is 0 Å². The van der Waals surface area contributed by atoms with Crippen LogP contribution in [0.2, 0.25) is 0 Å². The van der Waals surface area contributed by atoms with Gasteiger partial charge in [-0.3, -0.25) is 15.1 Å². The summed E-state index contributed by atoms with van der Waals surface area (Å²) in [4.78, 5) is 16.5. The first kappa shape index (κ1) is 15.4. The quantitative estimate of drug-likeness (QED) is 0.421. The van der Waals surface area contributed by atoms with Crippen LogP contribution in [0, 0.1) is 11.8 Å².